The number of rotatable bonds is 4. The van der Waals surface area contributed by atoms with Gasteiger partial charge in [0.1, 0.15) is 5.82 Å². The molecule has 0 radical (unpaired) electrons. The fourth-order valence-corrected chi connectivity index (χ4v) is 3.68. The van der Waals surface area contributed by atoms with Crippen molar-refractivity contribution < 1.29 is 9.18 Å². The van der Waals surface area contributed by atoms with E-state index >= 15 is 0 Å². The molecule has 25 heavy (non-hydrogen) atoms. The highest BCUT2D eigenvalue weighted by Gasteiger charge is 2.19. The van der Waals surface area contributed by atoms with Crippen LogP contribution in [0.4, 0.5) is 4.39 Å². The van der Waals surface area contributed by atoms with Crippen molar-refractivity contribution in [2.24, 2.45) is 0 Å². The minimum atomic E-state index is -0.245. The molecule has 1 amide bonds. The molecule has 1 N–H and O–H groups in total. The molecule has 1 aliphatic rings. The number of aromatic amines is 1. The summed E-state index contributed by atoms with van der Waals surface area (Å²) in [6.45, 7) is 1.77. The van der Waals surface area contributed by atoms with Crippen molar-refractivity contribution >= 4 is 16.8 Å². The number of aromatic nitrogens is 1. The number of para-hydroxylation sites is 1. The predicted molar refractivity (Wildman–Crippen MR) is 97.8 cm³/mol. The number of likely N-dealkylation sites (tertiary alicyclic amines) is 1. The average molecular weight is 336 g/mol. The van der Waals surface area contributed by atoms with Crippen LogP contribution < -0.4 is 0 Å². The molecule has 0 aliphatic carbocycles. The molecule has 3 aromatic rings. The third kappa shape index (κ3) is 3.16. The molecule has 1 aromatic heterocycles. The summed E-state index contributed by atoms with van der Waals surface area (Å²) in [6, 6.07) is 14.6. The molecule has 4 rings (SSSR count). The van der Waals surface area contributed by atoms with E-state index in [4.69, 9.17) is 0 Å². The molecule has 2 heterocycles. The lowest BCUT2D eigenvalue weighted by Gasteiger charge is -2.15. The Hall–Kier alpha value is -2.62. The molecule has 0 atom stereocenters. The summed E-state index contributed by atoms with van der Waals surface area (Å²) in [5, 5.41) is 1.14. The highest BCUT2D eigenvalue weighted by atomic mass is 19.1. The van der Waals surface area contributed by atoms with Gasteiger partial charge in [-0.25, -0.2) is 4.39 Å². The Labute approximate surface area is 146 Å². The Kier molecular flexibility index (Phi) is 4.26. The van der Waals surface area contributed by atoms with Crippen LogP contribution in [0.25, 0.3) is 22.2 Å². The van der Waals surface area contributed by atoms with Gasteiger partial charge in [0.2, 0.25) is 5.91 Å². The molecule has 0 bridgehead atoms. The fourth-order valence-electron chi connectivity index (χ4n) is 3.68. The summed E-state index contributed by atoms with van der Waals surface area (Å²) in [4.78, 5) is 17.8. The maximum Gasteiger partial charge on any atom is 0.222 e. The predicted octanol–water partition coefficient (Wildman–Crippen LogP) is 4.53. The SMILES string of the molecule is O=C(CCc1c(-c2ccc(F)cc2)[nH]c2ccccc12)N1CCCC1. The van der Waals surface area contributed by atoms with Crippen LogP contribution in [0.1, 0.15) is 24.8 Å². The highest BCUT2D eigenvalue weighted by molar-refractivity contribution is 5.91. The standard InChI is InChI=1S/C21H21FN2O/c22-16-9-7-15(8-10-16)21-18(17-5-1-2-6-19(17)23-21)11-12-20(25)24-13-3-4-14-24/h1-2,5-10,23H,3-4,11-14H2. The molecule has 1 fully saturated rings. The number of benzene rings is 2. The Morgan fingerprint density at radius 3 is 2.52 bits per heavy atom. The van der Waals surface area contributed by atoms with Crippen LogP contribution in [0.3, 0.4) is 0 Å². The van der Waals surface area contributed by atoms with E-state index in [1.54, 1.807) is 12.1 Å². The van der Waals surface area contributed by atoms with E-state index in [-0.39, 0.29) is 11.7 Å². The topological polar surface area (TPSA) is 36.1 Å². The van der Waals surface area contributed by atoms with E-state index in [2.05, 4.69) is 11.1 Å². The second-order valence-electron chi connectivity index (χ2n) is 6.62. The van der Waals surface area contributed by atoms with Crippen LogP contribution in [0.5, 0.6) is 0 Å². The number of H-pyrrole nitrogens is 1. The van der Waals surface area contributed by atoms with Crippen LogP contribution in [0.2, 0.25) is 0 Å². The lowest BCUT2D eigenvalue weighted by atomic mass is 10.0. The van der Waals surface area contributed by atoms with E-state index in [9.17, 15) is 9.18 Å². The van der Waals surface area contributed by atoms with Gasteiger partial charge >= 0.3 is 0 Å². The quantitative estimate of drug-likeness (QED) is 0.746. The van der Waals surface area contributed by atoms with Gasteiger partial charge in [-0.3, -0.25) is 4.79 Å². The molecule has 0 saturated carbocycles. The van der Waals surface area contributed by atoms with E-state index in [0.717, 1.165) is 53.7 Å². The number of hydrogen-bond acceptors (Lipinski definition) is 1. The maximum absolute atomic E-state index is 13.3. The van der Waals surface area contributed by atoms with Crippen LogP contribution in [-0.2, 0) is 11.2 Å². The zero-order chi connectivity index (χ0) is 17.2. The van der Waals surface area contributed by atoms with Crippen molar-refractivity contribution in [1.29, 1.82) is 0 Å². The smallest absolute Gasteiger partial charge is 0.222 e. The summed E-state index contributed by atoms with van der Waals surface area (Å²) in [7, 11) is 0. The summed E-state index contributed by atoms with van der Waals surface area (Å²) in [5.41, 5.74) is 4.11. The molecular weight excluding hydrogens is 315 g/mol. The van der Waals surface area contributed by atoms with Gasteiger partial charge in [-0.05, 0) is 60.7 Å². The van der Waals surface area contributed by atoms with Crippen molar-refractivity contribution in [3.05, 3.63) is 59.9 Å². The number of nitrogens with zero attached hydrogens (tertiary/aromatic N) is 1. The minimum Gasteiger partial charge on any atom is -0.354 e. The summed E-state index contributed by atoms with van der Waals surface area (Å²) >= 11 is 0. The van der Waals surface area contributed by atoms with Crippen LogP contribution in [-0.4, -0.2) is 28.9 Å². The largest absolute Gasteiger partial charge is 0.354 e. The summed E-state index contributed by atoms with van der Waals surface area (Å²) < 4.78 is 13.3. The number of halogens is 1. The number of fused-ring (bicyclic) bond motifs is 1. The zero-order valence-corrected chi connectivity index (χ0v) is 14.1. The molecule has 1 aliphatic heterocycles. The second-order valence-corrected chi connectivity index (χ2v) is 6.62. The number of nitrogens with one attached hydrogen (secondary N) is 1. The first kappa shape index (κ1) is 15.9. The molecule has 4 heteroatoms. The van der Waals surface area contributed by atoms with Crippen molar-refractivity contribution in [3.8, 4) is 11.3 Å². The van der Waals surface area contributed by atoms with Crippen LogP contribution >= 0.6 is 0 Å². The van der Waals surface area contributed by atoms with Crippen molar-refractivity contribution in [2.45, 2.75) is 25.7 Å². The van der Waals surface area contributed by atoms with Crippen LogP contribution in [0.15, 0.2) is 48.5 Å². The Bertz CT molecular complexity index is 892. The molecule has 128 valence electrons. The summed E-state index contributed by atoms with van der Waals surface area (Å²) in [6.07, 6.45) is 3.42. The van der Waals surface area contributed by atoms with Gasteiger partial charge in [-0.2, -0.15) is 0 Å². The number of carbonyl (C=O) groups excluding carboxylic acids is 1. The fraction of sp³-hybridized carbons (Fsp3) is 0.286. The van der Waals surface area contributed by atoms with Gasteiger partial charge in [0.05, 0.1) is 0 Å². The number of aryl methyl sites for hydroxylation is 1. The number of carbonyl (C=O) groups is 1. The van der Waals surface area contributed by atoms with Gasteiger partial charge in [0.25, 0.3) is 0 Å². The van der Waals surface area contributed by atoms with E-state index in [1.165, 1.54) is 12.1 Å². The van der Waals surface area contributed by atoms with Gasteiger partial charge in [0.15, 0.2) is 0 Å². The summed E-state index contributed by atoms with van der Waals surface area (Å²) in [5.74, 6) is -0.0153. The van der Waals surface area contributed by atoms with Gasteiger partial charge in [-0.1, -0.05) is 18.2 Å². The molecule has 0 unspecified atom stereocenters. The molecule has 3 nitrogen and oxygen atoms in total. The second kappa shape index (κ2) is 6.71. The highest BCUT2D eigenvalue weighted by Crippen LogP contribution is 2.31. The van der Waals surface area contributed by atoms with E-state index in [1.807, 2.05) is 23.1 Å². The average Bonchev–Trinajstić information content (AvgIpc) is 3.28. The molecule has 2 aromatic carbocycles. The first-order valence-electron chi connectivity index (χ1n) is 8.85. The van der Waals surface area contributed by atoms with Gasteiger partial charge in [-0.15, -0.1) is 0 Å². The van der Waals surface area contributed by atoms with Crippen molar-refractivity contribution in [2.75, 3.05) is 13.1 Å². The van der Waals surface area contributed by atoms with E-state index in [0.29, 0.717) is 12.8 Å². The normalized spacial score (nSPS) is 14.4. The van der Waals surface area contributed by atoms with Crippen LogP contribution in [0, 0.1) is 5.82 Å². The molecule has 0 spiro atoms. The van der Waals surface area contributed by atoms with Crippen molar-refractivity contribution in [3.63, 3.8) is 0 Å². The maximum atomic E-state index is 13.3. The third-order valence-electron chi connectivity index (χ3n) is 4.99. The molecular formula is C21H21FN2O. The lowest BCUT2D eigenvalue weighted by molar-refractivity contribution is -0.130. The van der Waals surface area contributed by atoms with Gasteiger partial charge in [0, 0.05) is 36.1 Å². The molecule has 1 saturated heterocycles. The third-order valence-corrected chi connectivity index (χ3v) is 4.99. The Balaban J connectivity index is 1.67. The number of hydrogen-bond donors (Lipinski definition) is 1. The first-order valence-corrected chi connectivity index (χ1v) is 8.85. The number of amides is 1. The monoisotopic (exact) mass is 336 g/mol. The van der Waals surface area contributed by atoms with E-state index < -0.39 is 0 Å². The minimum absolute atomic E-state index is 0.229. The van der Waals surface area contributed by atoms with Crippen molar-refractivity contribution in [1.82, 2.24) is 9.88 Å². The Morgan fingerprint density at radius 1 is 1.04 bits per heavy atom. The first-order chi connectivity index (χ1) is 12.2. The van der Waals surface area contributed by atoms with Gasteiger partial charge < -0.3 is 9.88 Å². The zero-order valence-electron chi connectivity index (χ0n) is 14.1. The lowest BCUT2D eigenvalue weighted by Crippen LogP contribution is -2.27. The Morgan fingerprint density at radius 2 is 1.76 bits per heavy atom.